The van der Waals surface area contributed by atoms with Crippen LogP contribution in [0.25, 0.3) is 33.4 Å². The molecule has 1 aliphatic rings. The van der Waals surface area contributed by atoms with Gasteiger partial charge in [0.15, 0.2) is 17.5 Å². The number of rotatable bonds is 3. The SMILES string of the molecule is O=C1CN(c2nc(-c3cccnc3)nc3ccc(-c4cccc(F)c4F)cc23)CCN1. The van der Waals surface area contributed by atoms with E-state index in [2.05, 4.69) is 15.3 Å². The molecule has 1 amide bonds. The molecule has 3 heterocycles. The number of pyridine rings is 1. The van der Waals surface area contributed by atoms with Crippen LogP contribution in [0.5, 0.6) is 0 Å². The van der Waals surface area contributed by atoms with Gasteiger partial charge in [-0.3, -0.25) is 9.78 Å². The molecule has 31 heavy (non-hydrogen) atoms. The van der Waals surface area contributed by atoms with E-state index in [9.17, 15) is 13.6 Å². The number of halogens is 2. The number of amides is 1. The molecule has 1 fully saturated rings. The minimum absolute atomic E-state index is 0.103. The third-order valence-electron chi connectivity index (χ3n) is 5.20. The summed E-state index contributed by atoms with van der Waals surface area (Å²) < 4.78 is 28.2. The molecule has 8 heteroatoms. The second-order valence-corrected chi connectivity index (χ2v) is 7.22. The molecule has 0 saturated carbocycles. The minimum atomic E-state index is -0.909. The van der Waals surface area contributed by atoms with Crippen LogP contribution in [0.1, 0.15) is 0 Å². The van der Waals surface area contributed by atoms with Gasteiger partial charge in [-0.25, -0.2) is 18.7 Å². The molecule has 4 aromatic rings. The topological polar surface area (TPSA) is 71.0 Å². The zero-order valence-electron chi connectivity index (χ0n) is 16.3. The van der Waals surface area contributed by atoms with Gasteiger partial charge < -0.3 is 10.2 Å². The first-order valence-electron chi connectivity index (χ1n) is 9.78. The van der Waals surface area contributed by atoms with Crippen LogP contribution in [0.2, 0.25) is 0 Å². The molecule has 2 aromatic heterocycles. The van der Waals surface area contributed by atoms with Gasteiger partial charge in [0.2, 0.25) is 5.91 Å². The van der Waals surface area contributed by atoms with Crippen LogP contribution in [0.15, 0.2) is 60.9 Å². The van der Waals surface area contributed by atoms with Gasteiger partial charge in [0.05, 0.1) is 12.1 Å². The van der Waals surface area contributed by atoms with Crippen LogP contribution >= 0.6 is 0 Å². The predicted molar refractivity (Wildman–Crippen MR) is 113 cm³/mol. The smallest absolute Gasteiger partial charge is 0.239 e. The van der Waals surface area contributed by atoms with Gasteiger partial charge in [-0.15, -0.1) is 0 Å². The van der Waals surface area contributed by atoms with Crippen molar-refractivity contribution in [1.29, 1.82) is 0 Å². The molecule has 0 aliphatic carbocycles. The van der Waals surface area contributed by atoms with E-state index in [1.165, 1.54) is 12.1 Å². The third-order valence-corrected chi connectivity index (χ3v) is 5.20. The van der Waals surface area contributed by atoms with Crippen LogP contribution in [0.3, 0.4) is 0 Å². The maximum Gasteiger partial charge on any atom is 0.239 e. The van der Waals surface area contributed by atoms with E-state index < -0.39 is 11.6 Å². The number of benzene rings is 2. The number of nitrogens with zero attached hydrogens (tertiary/aromatic N) is 4. The van der Waals surface area contributed by atoms with Gasteiger partial charge in [0.25, 0.3) is 0 Å². The number of nitrogens with one attached hydrogen (secondary N) is 1. The Balaban J connectivity index is 1.72. The van der Waals surface area contributed by atoms with Gasteiger partial charge in [0.1, 0.15) is 5.82 Å². The number of hydrogen-bond donors (Lipinski definition) is 1. The number of carbonyl (C=O) groups is 1. The first-order valence-corrected chi connectivity index (χ1v) is 9.78. The number of hydrogen-bond acceptors (Lipinski definition) is 5. The Morgan fingerprint density at radius 3 is 2.71 bits per heavy atom. The van der Waals surface area contributed by atoms with Crippen LogP contribution in [0.4, 0.5) is 14.6 Å². The average Bonchev–Trinajstić information content (AvgIpc) is 2.80. The molecule has 0 radical (unpaired) electrons. The van der Waals surface area contributed by atoms with Crippen LogP contribution in [0, 0.1) is 11.6 Å². The van der Waals surface area contributed by atoms with E-state index in [1.807, 2.05) is 11.0 Å². The normalized spacial score (nSPS) is 14.0. The summed E-state index contributed by atoms with van der Waals surface area (Å²) in [5, 5.41) is 3.46. The lowest BCUT2D eigenvalue weighted by molar-refractivity contribution is -0.120. The van der Waals surface area contributed by atoms with Crippen molar-refractivity contribution in [1.82, 2.24) is 20.3 Å². The lowest BCUT2D eigenvalue weighted by Crippen LogP contribution is -2.48. The van der Waals surface area contributed by atoms with Crippen LogP contribution in [-0.4, -0.2) is 40.5 Å². The lowest BCUT2D eigenvalue weighted by Gasteiger charge is -2.29. The van der Waals surface area contributed by atoms with Gasteiger partial charge in [-0.05, 0) is 35.9 Å². The number of fused-ring (bicyclic) bond motifs is 1. The molecule has 6 nitrogen and oxygen atoms in total. The summed E-state index contributed by atoms with van der Waals surface area (Å²) in [6, 6.07) is 12.9. The van der Waals surface area contributed by atoms with Crippen molar-refractivity contribution in [3.63, 3.8) is 0 Å². The van der Waals surface area contributed by atoms with E-state index >= 15 is 0 Å². The Kier molecular flexibility index (Phi) is 4.74. The van der Waals surface area contributed by atoms with E-state index in [1.54, 1.807) is 36.7 Å². The van der Waals surface area contributed by atoms with Gasteiger partial charge in [-0.2, -0.15) is 0 Å². The van der Waals surface area contributed by atoms with Crippen molar-refractivity contribution in [3.05, 3.63) is 72.6 Å². The summed E-state index contributed by atoms with van der Waals surface area (Å²) >= 11 is 0. The molecule has 1 aliphatic heterocycles. The molecule has 154 valence electrons. The fraction of sp³-hybridized carbons (Fsp3) is 0.130. The number of aromatic nitrogens is 3. The molecule has 0 bridgehead atoms. The molecule has 5 rings (SSSR count). The summed E-state index contributed by atoms with van der Waals surface area (Å²) in [5.74, 6) is -0.876. The maximum absolute atomic E-state index is 14.4. The average molecular weight is 417 g/mol. The van der Waals surface area contributed by atoms with Crippen molar-refractivity contribution >= 4 is 22.6 Å². The fourth-order valence-corrected chi connectivity index (χ4v) is 3.69. The first-order chi connectivity index (χ1) is 15.1. The second-order valence-electron chi connectivity index (χ2n) is 7.22. The third kappa shape index (κ3) is 3.56. The summed E-state index contributed by atoms with van der Waals surface area (Å²) in [5.41, 5.74) is 2.04. The predicted octanol–water partition coefficient (Wildman–Crippen LogP) is 3.57. The van der Waals surface area contributed by atoms with E-state index in [0.29, 0.717) is 41.2 Å². The Bertz CT molecular complexity index is 1300. The number of anilines is 1. The summed E-state index contributed by atoms with van der Waals surface area (Å²) in [4.78, 5) is 27.4. The van der Waals surface area contributed by atoms with Gasteiger partial charge >= 0.3 is 0 Å². The summed E-state index contributed by atoms with van der Waals surface area (Å²) in [7, 11) is 0. The Hall–Kier alpha value is -3.94. The largest absolute Gasteiger partial charge is 0.353 e. The zero-order valence-corrected chi connectivity index (χ0v) is 16.3. The van der Waals surface area contributed by atoms with Crippen LogP contribution in [-0.2, 0) is 4.79 Å². The Morgan fingerprint density at radius 1 is 1.00 bits per heavy atom. The summed E-state index contributed by atoms with van der Waals surface area (Å²) in [6.07, 6.45) is 3.34. The molecule has 1 saturated heterocycles. The highest BCUT2D eigenvalue weighted by Gasteiger charge is 2.22. The van der Waals surface area contributed by atoms with E-state index in [-0.39, 0.29) is 18.0 Å². The zero-order chi connectivity index (χ0) is 21.4. The van der Waals surface area contributed by atoms with Crippen molar-refractivity contribution in [2.45, 2.75) is 0 Å². The standard InChI is InChI=1S/C23H17F2N5O/c24-18-5-1-4-16(21(18)25)14-6-7-19-17(11-14)23(30-10-9-27-20(31)13-30)29-22(28-19)15-3-2-8-26-12-15/h1-8,11-12H,9-10,13H2,(H,27,31). The molecular weight excluding hydrogens is 400 g/mol. The van der Waals surface area contributed by atoms with Gasteiger partial charge in [0, 0.05) is 42.0 Å². The molecule has 1 N–H and O–H groups in total. The maximum atomic E-state index is 14.4. The first kappa shape index (κ1) is 19.0. The van der Waals surface area contributed by atoms with Crippen molar-refractivity contribution in [2.24, 2.45) is 0 Å². The highest BCUT2D eigenvalue weighted by Crippen LogP contribution is 2.33. The number of piperazine rings is 1. The molecule has 0 spiro atoms. The second kappa shape index (κ2) is 7.71. The van der Waals surface area contributed by atoms with Crippen molar-refractivity contribution in [3.8, 4) is 22.5 Å². The highest BCUT2D eigenvalue weighted by molar-refractivity contribution is 5.96. The lowest BCUT2D eigenvalue weighted by atomic mass is 10.0. The van der Waals surface area contributed by atoms with Crippen LogP contribution < -0.4 is 10.2 Å². The van der Waals surface area contributed by atoms with E-state index in [4.69, 9.17) is 4.98 Å². The number of carbonyl (C=O) groups excluding carboxylic acids is 1. The molecule has 0 atom stereocenters. The minimum Gasteiger partial charge on any atom is -0.353 e. The monoisotopic (exact) mass is 417 g/mol. The Labute approximate surface area is 176 Å². The molecule has 2 aromatic carbocycles. The van der Waals surface area contributed by atoms with Gasteiger partial charge in [-0.1, -0.05) is 18.2 Å². The highest BCUT2D eigenvalue weighted by atomic mass is 19.2. The quantitative estimate of drug-likeness (QED) is 0.552. The molecular formula is C23H17F2N5O. The molecule has 0 unspecified atom stereocenters. The fourth-order valence-electron chi connectivity index (χ4n) is 3.69. The van der Waals surface area contributed by atoms with Crippen molar-refractivity contribution in [2.75, 3.05) is 24.5 Å². The van der Waals surface area contributed by atoms with Crippen molar-refractivity contribution < 1.29 is 13.6 Å². The Morgan fingerprint density at radius 2 is 1.90 bits per heavy atom. The van der Waals surface area contributed by atoms with E-state index in [0.717, 1.165) is 11.6 Å². The summed E-state index contributed by atoms with van der Waals surface area (Å²) in [6.45, 7) is 1.21.